The first-order valence-corrected chi connectivity index (χ1v) is 11.4. The molecule has 0 unspecified atom stereocenters. The van der Waals surface area contributed by atoms with Crippen LogP contribution in [-0.4, -0.2) is 70.9 Å². The summed E-state index contributed by atoms with van der Waals surface area (Å²) in [6.07, 6.45) is 3.60. The van der Waals surface area contributed by atoms with Crippen LogP contribution >= 0.6 is 0 Å². The van der Waals surface area contributed by atoms with E-state index < -0.39 is 0 Å². The molecule has 0 aliphatic carbocycles. The molecule has 1 aliphatic heterocycles. The molecule has 1 N–H and O–H groups in total. The number of H-pyrrole nitrogens is 1. The number of hydrogen-bond acceptors (Lipinski definition) is 6. The third-order valence-corrected chi connectivity index (χ3v) is 6.28. The quantitative estimate of drug-likeness (QED) is 0.501. The summed E-state index contributed by atoms with van der Waals surface area (Å²) in [7, 11) is 3.52. The minimum Gasteiger partial charge on any atom is -0.377 e. The van der Waals surface area contributed by atoms with Crippen LogP contribution in [0.15, 0.2) is 48.8 Å². The van der Waals surface area contributed by atoms with Crippen LogP contribution in [0.1, 0.15) is 22.8 Å². The minimum atomic E-state index is -0.0177. The van der Waals surface area contributed by atoms with Crippen molar-refractivity contribution in [2.45, 2.75) is 19.9 Å². The standard InChI is InChI=1S/C26H28N6O2/c1-16-14-27-24(21-9-10-28-30-21)25-23(16)20(13-22(29-25)32-11-12-34-15-17(32)2)18-5-7-19(8-6-18)26(33)31(3)4/h5-10,13-14,17H,11-12,15H2,1-4H3,(H,28,30)/t17-/m1/s1. The molecule has 0 radical (unpaired) electrons. The Labute approximate surface area is 198 Å². The number of hydrogen-bond donors (Lipinski definition) is 1. The van der Waals surface area contributed by atoms with E-state index in [9.17, 15) is 4.79 Å². The first-order chi connectivity index (χ1) is 16.4. The fourth-order valence-corrected chi connectivity index (χ4v) is 4.47. The van der Waals surface area contributed by atoms with Gasteiger partial charge in [0.15, 0.2) is 0 Å². The van der Waals surface area contributed by atoms with Crippen molar-refractivity contribution in [1.29, 1.82) is 0 Å². The van der Waals surface area contributed by atoms with Crippen molar-refractivity contribution in [3.63, 3.8) is 0 Å². The average molecular weight is 457 g/mol. The van der Waals surface area contributed by atoms with E-state index in [1.807, 2.05) is 36.5 Å². The summed E-state index contributed by atoms with van der Waals surface area (Å²) in [4.78, 5) is 26.1. The SMILES string of the molecule is Cc1cnc(-c2ccn[nH]2)c2nc(N3CCOC[C@H]3C)cc(-c3ccc(C(=O)N(C)C)cc3)c12. The molecule has 8 heteroatoms. The maximum absolute atomic E-state index is 12.4. The number of carbonyl (C=O) groups excluding carboxylic acids is 1. The number of amides is 1. The van der Waals surface area contributed by atoms with Crippen molar-refractivity contribution in [1.82, 2.24) is 25.1 Å². The second-order valence-corrected chi connectivity index (χ2v) is 8.91. The van der Waals surface area contributed by atoms with Gasteiger partial charge in [-0.25, -0.2) is 4.98 Å². The number of aryl methyl sites for hydroxylation is 1. The van der Waals surface area contributed by atoms with E-state index in [0.717, 1.165) is 51.3 Å². The topological polar surface area (TPSA) is 87.2 Å². The number of anilines is 1. The van der Waals surface area contributed by atoms with E-state index in [-0.39, 0.29) is 11.9 Å². The van der Waals surface area contributed by atoms with Gasteiger partial charge < -0.3 is 14.5 Å². The zero-order valence-corrected chi connectivity index (χ0v) is 19.9. The van der Waals surface area contributed by atoms with Gasteiger partial charge in [-0.2, -0.15) is 5.10 Å². The van der Waals surface area contributed by atoms with Crippen molar-refractivity contribution in [2.75, 3.05) is 38.8 Å². The Bertz CT molecular complexity index is 1330. The number of benzene rings is 1. The number of carbonyl (C=O) groups is 1. The molecular formula is C26H28N6O2. The van der Waals surface area contributed by atoms with Crippen molar-refractivity contribution in [3.05, 3.63) is 59.9 Å². The van der Waals surface area contributed by atoms with Gasteiger partial charge in [0.25, 0.3) is 5.91 Å². The monoisotopic (exact) mass is 456 g/mol. The molecule has 0 saturated carbocycles. The van der Waals surface area contributed by atoms with Crippen LogP contribution in [0.3, 0.4) is 0 Å². The molecule has 0 bridgehead atoms. The van der Waals surface area contributed by atoms with Crippen LogP contribution < -0.4 is 4.90 Å². The molecule has 0 spiro atoms. The summed E-state index contributed by atoms with van der Waals surface area (Å²) in [6, 6.07) is 12.0. The minimum absolute atomic E-state index is 0.0177. The van der Waals surface area contributed by atoms with Crippen molar-refractivity contribution < 1.29 is 9.53 Å². The molecule has 1 fully saturated rings. The summed E-state index contributed by atoms with van der Waals surface area (Å²) >= 11 is 0. The second kappa shape index (κ2) is 8.87. The molecule has 34 heavy (non-hydrogen) atoms. The summed E-state index contributed by atoms with van der Waals surface area (Å²) in [5.74, 6) is 0.871. The van der Waals surface area contributed by atoms with E-state index >= 15 is 0 Å². The lowest BCUT2D eigenvalue weighted by Crippen LogP contribution is -2.44. The van der Waals surface area contributed by atoms with Gasteiger partial charge in [-0.3, -0.25) is 14.9 Å². The zero-order chi connectivity index (χ0) is 23.8. The molecule has 1 saturated heterocycles. The number of aromatic amines is 1. The average Bonchev–Trinajstić information content (AvgIpc) is 3.38. The number of morpholine rings is 1. The molecule has 8 nitrogen and oxygen atoms in total. The fourth-order valence-electron chi connectivity index (χ4n) is 4.47. The third-order valence-electron chi connectivity index (χ3n) is 6.28. The van der Waals surface area contributed by atoms with E-state index in [1.54, 1.807) is 25.2 Å². The van der Waals surface area contributed by atoms with Crippen LogP contribution in [-0.2, 0) is 4.74 Å². The van der Waals surface area contributed by atoms with Gasteiger partial charge in [0, 0.05) is 44.0 Å². The molecular weight excluding hydrogens is 428 g/mol. The van der Waals surface area contributed by atoms with E-state index in [2.05, 4.69) is 35.0 Å². The van der Waals surface area contributed by atoms with Gasteiger partial charge >= 0.3 is 0 Å². The van der Waals surface area contributed by atoms with Gasteiger partial charge in [0.05, 0.1) is 24.9 Å². The van der Waals surface area contributed by atoms with E-state index in [4.69, 9.17) is 14.7 Å². The molecule has 1 aromatic carbocycles. The van der Waals surface area contributed by atoms with Gasteiger partial charge in [0.2, 0.25) is 0 Å². The van der Waals surface area contributed by atoms with Gasteiger partial charge in [-0.05, 0) is 54.8 Å². The Morgan fingerprint density at radius 2 is 2.00 bits per heavy atom. The number of rotatable bonds is 4. The number of aromatic nitrogens is 4. The fraction of sp³-hybridized carbons (Fsp3) is 0.308. The first-order valence-electron chi connectivity index (χ1n) is 11.4. The molecule has 174 valence electrons. The summed E-state index contributed by atoms with van der Waals surface area (Å²) < 4.78 is 5.66. The Kier molecular flexibility index (Phi) is 5.75. The maximum atomic E-state index is 12.4. The van der Waals surface area contributed by atoms with Crippen LogP contribution in [0.5, 0.6) is 0 Å². The highest BCUT2D eigenvalue weighted by Gasteiger charge is 2.24. The lowest BCUT2D eigenvalue weighted by atomic mass is 9.96. The number of nitrogens with one attached hydrogen (secondary N) is 1. The number of pyridine rings is 2. The lowest BCUT2D eigenvalue weighted by Gasteiger charge is -2.34. The Balaban J connectivity index is 1.74. The van der Waals surface area contributed by atoms with Crippen LogP contribution in [0.4, 0.5) is 5.82 Å². The molecule has 3 aromatic heterocycles. The van der Waals surface area contributed by atoms with Gasteiger partial charge in [0.1, 0.15) is 17.0 Å². The highest BCUT2D eigenvalue weighted by molar-refractivity contribution is 6.04. The summed E-state index contributed by atoms with van der Waals surface area (Å²) in [6.45, 7) is 6.30. The van der Waals surface area contributed by atoms with Crippen molar-refractivity contribution in [3.8, 4) is 22.5 Å². The predicted octanol–water partition coefficient (Wildman–Crippen LogP) is 3.92. The highest BCUT2D eigenvalue weighted by atomic mass is 16.5. The van der Waals surface area contributed by atoms with Crippen LogP contribution in [0, 0.1) is 6.92 Å². The predicted molar refractivity (Wildman–Crippen MR) is 133 cm³/mol. The summed E-state index contributed by atoms with van der Waals surface area (Å²) in [5, 5.41) is 8.19. The highest BCUT2D eigenvalue weighted by Crippen LogP contribution is 2.37. The van der Waals surface area contributed by atoms with E-state index in [0.29, 0.717) is 18.8 Å². The first kappa shape index (κ1) is 22.0. The van der Waals surface area contributed by atoms with E-state index in [1.165, 1.54) is 0 Å². The molecule has 1 atom stereocenters. The van der Waals surface area contributed by atoms with Crippen molar-refractivity contribution >= 4 is 22.6 Å². The van der Waals surface area contributed by atoms with Crippen molar-refractivity contribution in [2.24, 2.45) is 0 Å². The van der Waals surface area contributed by atoms with Gasteiger partial charge in [-0.1, -0.05) is 12.1 Å². The molecule has 4 aromatic rings. The van der Waals surface area contributed by atoms with Crippen LogP contribution in [0.25, 0.3) is 33.4 Å². The largest absolute Gasteiger partial charge is 0.377 e. The third kappa shape index (κ3) is 3.90. The van der Waals surface area contributed by atoms with Gasteiger partial charge in [-0.15, -0.1) is 0 Å². The van der Waals surface area contributed by atoms with Crippen LogP contribution in [0.2, 0.25) is 0 Å². The molecule has 1 aliphatic rings. The molecule has 4 heterocycles. The lowest BCUT2D eigenvalue weighted by molar-refractivity contribution is 0.0827. The Hall–Kier alpha value is -3.78. The summed E-state index contributed by atoms with van der Waals surface area (Å²) in [5.41, 5.74) is 6.19. The number of ether oxygens (including phenoxy) is 1. The Morgan fingerprint density at radius 3 is 2.68 bits per heavy atom. The normalized spacial score (nSPS) is 16.1. The second-order valence-electron chi connectivity index (χ2n) is 8.91. The molecule has 5 rings (SSSR count). The molecule has 1 amide bonds. The smallest absolute Gasteiger partial charge is 0.253 e. The zero-order valence-electron chi connectivity index (χ0n) is 19.9. The maximum Gasteiger partial charge on any atom is 0.253 e. The number of nitrogens with zero attached hydrogens (tertiary/aromatic N) is 5. The Morgan fingerprint density at radius 1 is 1.21 bits per heavy atom. The number of fused-ring (bicyclic) bond motifs is 1.